The molecule has 1 aliphatic carbocycles. The van der Waals surface area contributed by atoms with E-state index in [0.29, 0.717) is 25.7 Å². The number of carbonyl (C=O) groups is 1. The van der Waals surface area contributed by atoms with Gasteiger partial charge in [0.05, 0.1) is 25.9 Å². The second-order valence-corrected chi connectivity index (χ2v) is 7.14. The Balaban J connectivity index is 1.75. The lowest BCUT2D eigenvalue weighted by Gasteiger charge is -2.29. The van der Waals surface area contributed by atoms with Crippen LogP contribution in [-0.4, -0.2) is 31.4 Å². The minimum absolute atomic E-state index is 0.123. The highest BCUT2D eigenvalue weighted by molar-refractivity contribution is 5.89. The molecule has 0 aliphatic heterocycles. The van der Waals surface area contributed by atoms with Crippen LogP contribution in [0.15, 0.2) is 24.3 Å². The van der Waals surface area contributed by atoms with E-state index in [-0.39, 0.29) is 18.2 Å². The summed E-state index contributed by atoms with van der Waals surface area (Å²) in [5, 5.41) is 6.05. The first-order valence-electron chi connectivity index (χ1n) is 9.40. The summed E-state index contributed by atoms with van der Waals surface area (Å²) in [5.41, 5.74) is 1.83. The summed E-state index contributed by atoms with van der Waals surface area (Å²) in [4.78, 5) is 12.2. The Morgan fingerprint density at radius 1 is 1.24 bits per heavy atom. The number of amides is 2. The Kier molecular flexibility index (Phi) is 8.22. The van der Waals surface area contributed by atoms with Crippen molar-refractivity contribution in [1.82, 2.24) is 5.32 Å². The molecule has 1 aliphatic rings. The van der Waals surface area contributed by atoms with Crippen molar-refractivity contribution < 1.29 is 14.3 Å². The van der Waals surface area contributed by atoms with Gasteiger partial charge in [-0.15, -0.1) is 0 Å². The molecule has 5 nitrogen and oxygen atoms in total. The van der Waals surface area contributed by atoms with Crippen LogP contribution < -0.4 is 10.6 Å². The first-order chi connectivity index (χ1) is 12.0. The molecule has 2 atom stereocenters. The van der Waals surface area contributed by atoms with Gasteiger partial charge in [0.2, 0.25) is 0 Å². The van der Waals surface area contributed by atoms with Gasteiger partial charge in [-0.2, -0.15) is 0 Å². The third-order valence-corrected chi connectivity index (χ3v) is 4.56. The smallest absolute Gasteiger partial charge is 0.319 e. The number of urea groups is 1. The van der Waals surface area contributed by atoms with E-state index in [0.717, 1.165) is 17.7 Å². The molecule has 140 valence electrons. The second kappa shape index (κ2) is 10.4. The third kappa shape index (κ3) is 7.45. The van der Waals surface area contributed by atoms with Gasteiger partial charge in [0.25, 0.3) is 0 Å². The van der Waals surface area contributed by atoms with Gasteiger partial charge in [-0.05, 0) is 50.3 Å². The van der Waals surface area contributed by atoms with Gasteiger partial charge in [-0.3, -0.25) is 0 Å². The monoisotopic (exact) mass is 348 g/mol. The fourth-order valence-electron chi connectivity index (χ4n) is 3.14. The predicted octanol–water partition coefficient (Wildman–Crippen LogP) is 4.33. The van der Waals surface area contributed by atoms with Gasteiger partial charge in [-0.1, -0.05) is 31.9 Å². The first-order valence-corrected chi connectivity index (χ1v) is 9.40. The summed E-state index contributed by atoms with van der Waals surface area (Å²) in [6.45, 7) is 7.90. The number of hydrogen-bond acceptors (Lipinski definition) is 3. The van der Waals surface area contributed by atoms with E-state index in [1.165, 1.54) is 19.3 Å². The van der Waals surface area contributed by atoms with E-state index in [2.05, 4.69) is 17.6 Å². The lowest BCUT2D eigenvalue weighted by molar-refractivity contribution is 0.0143. The topological polar surface area (TPSA) is 59.6 Å². The number of anilines is 1. The summed E-state index contributed by atoms with van der Waals surface area (Å²) < 4.78 is 11.1. The number of carbonyl (C=O) groups excluding carboxylic acids is 1. The summed E-state index contributed by atoms with van der Waals surface area (Å²) in [6, 6.07) is 7.93. The highest BCUT2D eigenvalue weighted by Crippen LogP contribution is 2.23. The SMILES string of the molecule is CC(C)OCCOCc1cccc(NC(=O)NC2CCCCC2C)c1. The lowest BCUT2D eigenvalue weighted by atomic mass is 9.86. The molecular formula is C20H32N2O3. The van der Waals surface area contributed by atoms with Crippen molar-refractivity contribution in [1.29, 1.82) is 0 Å². The third-order valence-electron chi connectivity index (χ3n) is 4.56. The standard InChI is InChI=1S/C20H32N2O3/c1-15(2)25-12-11-24-14-17-8-6-9-18(13-17)21-20(23)22-19-10-5-4-7-16(19)3/h6,8-9,13,15-16,19H,4-5,7,10-12,14H2,1-3H3,(H2,21,22,23). The van der Waals surface area contributed by atoms with Gasteiger partial charge in [0.15, 0.2) is 0 Å². The van der Waals surface area contributed by atoms with Gasteiger partial charge in [-0.25, -0.2) is 4.79 Å². The highest BCUT2D eigenvalue weighted by atomic mass is 16.5. The van der Waals surface area contributed by atoms with Gasteiger partial charge in [0.1, 0.15) is 0 Å². The largest absolute Gasteiger partial charge is 0.376 e. The van der Waals surface area contributed by atoms with Crippen molar-refractivity contribution in [2.75, 3.05) is 18.5 Å². The summed E-state index contributed by atoms with van der Waals surface area (Å²) >= 11 is 0. The molecule has 0 bridgehead atoms. The molecule has 0 heterocycles. The molecule has 0 saturated heterocycles. The minimum atomic E-state index is -0.123. The van der Waals surface area contributed by atoms with Crippen LogP contribution in [0.4, 0.5) is 10.5 Å². The zero-order valence-corrected chi connectivity index (χ0v) is 15.7. The number of rotatable bonds is 8. The Bertz CT molecular complexity index is 533. The van der Waals surface area contributed by atoms with Crippen molar-refractivity contribution in [3.05, 3.63) is 29.8 Å². The summed E-state index contributed by atoms with van der Waals surface area (Å²) in [5.74, 6) is 0.548. The molecule has 2 N–H and O–H groups in total. The molecule has 0 spiro atoms. The summed E-state index contributed by atoms with van der Waals surface area (Å²) in [6.07, 6.45) is 4.95. The maximum atomic E-state index is 12.2. The number of ether oxygens (including phenoxy) is 2. The van der Waals surface area contributed by atoms with Gasteiger partial charge >= 0.3 is 6.03 Å². The molecule has 1 aromatic carbocycles. The van der Waals surface area contributed by atoms with Gasteiger partial charge < -0.3 is 20.1 Å². The number of nitrogens with one attached hydrogen (secondary N) is 2. The summed E-state index contributed by atoms with van der Waals surface area (Å²) in [7, 11) is 0. The van der Waals surface area contributed by atoms with Crippen LogP contribution in [0.3, 0.4) is 0 Å². The molecule has 1 saturated carbocycles. The molecule has 5 heteroatoms. The maximum Gasteiger partial charge on any atom is 0.319 e. The first kappa shape index (κ1) is 19.7. The Labute approximate surface area is 151 Å². The minimum Gasteiger partial charge on any atom is -0.376 e. The Morgan fingerprint density at radius 2 is 2.04 bits per heavy atom. The Morgan fingerprint density at radius 3 is 2.80 bits per heavy atom. The molecule has 2 rings (SSSR count). The fraction of sp³-hybridized carbons (Fsp3) is 0.650. The quantitative estimate of drug-likeness (QED) is 0.688. The van der Waals surface area contributed by atoms with Crippen LogP contribution in [0.2, 0.25) is 0 Å². The average molecular weight is 348 g/mol. The van der Waals surface area contributed by atoms with E-state index < -0.39 is 0 Å². The van der Waals surface area contributed by atoms with Crippen LogP contribution in [0.1, 0.15) is 52.0 Å². The average Bonchev–Trinajstić information content (AvgIpc) is 2.57. The van der Waals surface area contributed by atoms with E-state index in [9.17, 15) is 4.79 Å². The number of benzene rings is 1. The zero-order valence-electron chi connectivity index (χ0n) is 15.7. The zero-order chi connectivity index (χ0) is 18.1. The fourth-order valence-corrected chi connectivity index (χ4v) is 3.14. The van der Waals surface area contributed by atoms with Crippen LogP contribution in [0.5, 0.6) is 0 Å². The maximum absolute atomic E-state index is 12.2. The van der Waals surface area contributed by atoms with Gasteiger partial charge in [0, 0.05) is 11.7 Å². The molecule has 2 unspecified atom stereocenters. The van der Waals surface area contributed by atoms with E-state index in [1.807, 2.05) is 38.1 Å². The molecule has 0 aromatic heterocycles. The molecule has 25 heavy (non-hydrogen) atoms. The lowest BCUT2D eigenvalue weighted by Crippen LogP contribution is -2.43. The van der Waals surface area contributed by atoms with Crippen molar-refractivity contribution >= 4 is 11.7 Å². The predicted molar refractivity (Wildman–Crippen MR) is 101 cm³/mol. The molecule has 2 amide bonds. The molecule has 0 radical (unpaired) electrons. The van der Waals surface area contributed by atoms with Crippen molar-refractivity contribution in [2.24, 2.45) is 5.92 Å². The van der Waals surface area contributed by atoms with Crippen LogP contribution in [0.25, 0.3) is 0 Å². The second-order valence-electron chi connectivity index (χ2n) is 7.14. The van der Waals surface area contributed by atoms with Crippen molar-refractivity contribution in [3.8, 4) is 0 Å². The van der Waals surface area contributed by atoms with Crippen LogP contribution in [-0.2, 0) is 16.1 Å². The normalized spacial score (nSPS) is 20.5. The molecule has 1 fully saturated rings. The van der Waals surface area contributed by atoms with Crippen molar-refractivity contribution in [3.63, 3.8) is 0 Å². The molecular weight excluding hydrogens is 316 g/mol. The number of hydrogen-bond donors (Lipinski definition) is 2. The Hall–Kier alpha value is -1.59. The van der Waals surface area contributed by atoms with Crippen LogP contribution >= 0.6 is 0 Å². The van der Waals surface area contributed by atoms with E-state index in [4.69, 9.17) is 9.47 Å². The highest BCUT2D eigenvalue weighted by Gasteiger charge is 2.22. The van der Waals surface area contributed by atoms with E-state index in [1.54, 1.807) is 0 Å². The van der Waals surface area contributed by atoms with Crippen molar-refractivity contribution in [2.45, 2.75) is 65.2 Å². The van der Waals surface area contributed by atoms with E-state index >= 15 is 0 Å². The molecule has 1 aromatic rings. The van der Waals surface area contributed by atoms with Crippen LogP contribution in [0, 0.1) is 5.92 Å².